The number of nitrogens with two attached hydrogens (primary N) is 1. The molecule has 0 fully saturated rings. The van der Waals surface area contributed by atoms with Crippen LogP contribution in [0.5, 0.6) is 0 Å². The van der Waals surface area contributed by atoms with E-state index in [2.05, 4.69) is 0 Å². The van der Waals surface area contributed by atoms with Crippen molar-refractivity contribution in [1.29, 1.82) is 0 Å². The van der Waals surface area contributed by atoms with Crippen molar-refractivity contribution in [2.45, 2.75) is 31.2 Å². The number of hydrogen-bond donors (Lipinski definition) is 1. The van der Waals surface area contributed by atoms with Crippen molar-refractivity contribution >= 4 is 5.69 Å². The van der Waals surface area contributed by atoms with Crippen LogP contribution in [-0.4, -0.2) is 24.4 Å². The van der Waals surface area contributed by atoms with Crippen molar-refractivity contribution < 1.29 is 8.78 Å². The smallest absolute Gasteiger partial charge is 0.256 e. The predicted molar refractivity (Wildman–Crippen MR) is 63.2 cm³/mol. The van der Waals surface area contributed by atoms with Crippen LogP contribution < -0.4 is 5.73 Å². The molecule has 0 radical (unpaired) electrons. The molecule has 0 spiro atoms. The summed E-state index contributed by atoms with van der Waals surface area (Å²) in [5.41, 5.74) is 9.41. The molecule has 92 valence electrons. The van der Waals surface area contributed by atoms with Gasteiger partial charge in [-0.2, -0.15) is 0 Å². The molecule has 2 nitrogen and oxygen atoms in total. The second-order valence-electron chi connectivity index (χ2n) is 5.26. The van der Waals surface area contributed by atoms with E-state index in [1.165, 1.54) is 0 Å². The van der Waals surface area contributed by atoms with Gasteiger partial charge in [-0.1, -0.05) is 0 Å². The predicted octanol–water partition coefficient (Wildman–Crippen LogP) is 2.38. The Morgan fingerprint density at radius 2 is 2.06 bits per heavy atom. The standard InChI is InChI=1S/C13H16F2N2/c1-17-6-9-5-10(16)4-8-2-3-13(14,15)11(7-17)12(8)9/h4-5,11H,2-3,6-7,16H2,1H3. The number of likely N-dealkylation sites (N-methyl/N-ethyl adjacent to an activating group) is 1. The van der Waals surface area contributed by atoms with Gasteiger partial charge >= 0.3 is 0 Å². The zero-order chi connectivity index (χ0) is 12.2. The van der Waals surface area contributed by atoms with E-state index in [4.69, 9.17) is 5.73 Å². The number of rotatable bonds is 0. The maximum absolute atomic E-state index is 14.0. The lowest BCUT2D eigenvalue weighted by Gasteiger charge is -2.41. The van der Waals surface area contributed by atoms with E-state index in [0.717, 1.165) is 23.2 Å². The van der Waals surface area contributed by atoms with Gasteiger partial charge in [-0.15, -0.1) is 0 Å². The molecule has 1 aromatic carbocycles. The molecule has 1 aliphatic carbocycles. The number of alkyl halides is 2. The molecule has 3 rings (SSSR count). The summed E-state index contributed by atoms with van der Waals surface area (Å²) in [4.78, 5) is 1.95. The lowest BCUT2D eigenvalue weighted by atomic mass is 9.75. The maximum atomic E-state index is 14.0. The molecule has 4 heteroatoms. The third-order valence-electron chi connectivity index (χ3n) is 3.89. The summed E-state index contributed by atoms with van der Waals surface area (Å²) in [5, 5.41) is 0. The average Bonchev–Trinajstić information content (AvgIpc) is 2.22. The Balaban J connectivity index is 2.19. The third kappa shape index (κ3) is 1.62. The molecular formula is C13H16F2N2. The molecule has 17 heavy (non-hydrogen) atoms. The molecule has 0 saturated carbocycles. The zero-order valence-electron chi connectivity index (χ0n) is 9.84. The maximum Gasteiger partial charge on any atom is 0.256 e. The first-order chi connectivity index (χ1) is 7.97. The highest BCUT2D eigenvalue weighted by atomic mass is 19.3. The second kappa shape index (κ2) is 3.42. The minimum Gasteiger partial charge on any atom is -0.399 e. The quantitative estimate of drug-likeness (QED) is 0.703. The number of hydrogen-bond acceptors (Lipinski definition) is 2. The minimum absolute atomic E-state index is 0.0542. The van der Waals surface area contributed by atoms with E-state index in [9.17, 15) is 8.78 Å². The van der Waals surface area contributed by atoms with Crippen molar-refractivity contribution in [1.82, 2.24) is 4.90 Å². The first-order valence-corrected chi connectivity index (χ1v) is 5.95. The second-order valence-corrected chi connectivity index (χ2v) is 5.26. The van der Waals surface area contributed by atoms with E-state index in [0.29, 0.717) is 18.7 Å². The van der Waals surface area contributed by atoms with E-state index in [1.807, 2.05) is 24.1 Å². The fourth-order valence-corrected chi connectivity index (χ4v) is 3.17. The highest BCUT2D eigenvalue weighted by Gasteiger charge is 2.47. The van der Waals surface area contributed by atoms with Crippen molar-refractivity contribution in [3.63, 3.8) is 0 Å². The largest absolute Gasteiger partial charge is 0.399 e. The van der Waals surface area contributed by atoms with Crippen LogP contribution in [0.4, 0.5) is 14.5 Å². The van der Waals surface area contributed by atoms with Gasteiger partial charge in [-0.3, -0.25) is 0 Å². The molecule has 1 unspecified atom stereocenters. The molecule has 0 bridgehead atoms. The van der Waals surface area contributed by atoms with Crippen LogP contribution in [0.25, 0.3) is 0 Å². The number of aryl methyl sites for hydroxylation is 1. The normalized spacial score (nSPS) is 26.6. The third-order valence-corrected chi connectivity index (χ3v) is 3.89. The Morgan fingerprint density at radius 1 is 1.35 bits per heavy atom. The van der Waals surface area contributed by atoms with Gasteiger partial charge in [0.2, 0.25) is 0 Å². The summed E-state index contributed by atoms with van der Waals surface area (Å²) in [7, 11) is 1.89. The van der Waals surface area contributed by atoms with Gasteiger partial charge in [0.15, 0.2) is 0 Å². The average molecular weight is 238 g/mol. The SMILES string of the molecule is CN1Cc2cc(N)cc3c2C(C1)C(F)(F)CC3. The van der Waals surface area contributed by atoms with Crippen molar-refractivity contribution in [2.75, 3.05) is 19.3 Å². The van der Waals surface area contributed by atoms with Gasteiger partial charge in [0.25, 0.3) is 5.92 Å². The summed E-state index contributed by atoms with van der Waals surface area (Å²) in [6.07, 6.45) is 0.391. The molecule has 1 aromatic rings. The zero-order valence-corrected chi connectivity index (χ0v) is 9.84. The highest BCUT2D eigenvalue weighted by molar-refractivity contribution is 5.53. The van der Waals surface area contributed by atoms with Gasteiger partial charge in [-0.25, -0.2) is 8.78 Å². The molecule has 2 aliphatic rings. The van der Waals surface area contributed by atoms with E-state index >= 15 is 0 Å². The van der Waals surface area contributed by atoms with Gasteiger partial charge < -0.3 is 10.6 Å². The molecule has 0 aromatic heterocycles. The Labute approximate surface area is 99.4 Å². The number of nitrogen functional groups attached to an aromatic ring is 1. The van der Waals surface area contributed by atoms with Crippen LogP contribution in [0, 0.1) is 0 Å². The lowest BCUT2D eigenvalue weighted by molar-refractivity contribution is -0.0534. The molecule has 1 aliphatic heterocycles. The monoisotopic (exact) mass is 238 g/mol. The fourth-order valence-electron chi connectivity index (χ4n) is 3.17. The molecular weight excluding hydrogens is 222 g/mol. The van der Waals surface area contributed by atoms with Crippen molar-refractivity contribution in [2.24, 2.45) is 0 Å². The summed E-state index contributed by atoms with van der Waals surface area (Å²) in [6.45, 7) is 1.16. The van der Waals surface area contributed by atoms with E-state index in [-0.39, 0.29) is 6.42 Å². The molecule has 1 heterocycles. The van der Waals surface area contributed by atoms with E-state index < -0.39 is 11.8 Å². The van der Waals surface area contributed by atoms with Crippen molar-refractivity contribution in [3.8, 4) is 0 Å². The topological polar surface area (TPSA) is 29.3 Å². The van der Waals surface area contributed by atoms with Crippen LogP contribution in [-0.2, 0) is 13.0 Å². The molecule has 2 N–H and O–H groups in total. The van der Waals surface area contributed by atoms with Crippen LogP contribution in [0.1, 0.15) is 29.0 Å². The number of halogens is 2. The van der Waals surface area contributed by atoms with Gasteiger partial charge in [0, 0.05) is 25.2 Å². The minimum atomic E-state index is -2.58. The van der Waals surface area contributed by atoms with Crippen LogP contribution in [0.2, 0.25) is 0 Å². The van der Waals surface area contributed by atoms with Gasteiger partial charge in [-0.05, 0) is 42.3 Å². The van der Waals surface area contributed by atoms with Crippen LogP contribution in [0.15, 0.2) is 12.1 Å². The summed E-state index contributed by atoms with van der Waals surface area (Å²) in [6, 6.07) is 3.72. The van der Waals surface area contributed by atoms with Crippen LogP contribution in [0.3, 0.4) is 0 Å². The number of nitrogens with zero attached hydrogens (tertiary/aromatic N) is 1. The lowest BCUT2D eigenvalue weighted by Crippen LogP contribution is -2.43. The first kappa shape index (κ1) is 11.0. The first-order valence-electron chi connectivity index (χ1n) is 5.95. The summed E-state index contributed by atoms with van der Waals surface area (Å²) >= 11 is 0. The van der Waals surface area contributed by atoms with E-state index in [1.54, 1.807) is 0 Å². The van der Waals surface area contributed by atoms with Gasteiger partial charge in [0.05, 0.1) is 5.92 Å². The van der Waals surface area contributed by atoms with Crippen molar-refractivity contribution in [3.05, 3.63) is 28.8 Å². The molecule has 0 saturated heterocycles. The Hall–Kier alpha value is -1.16. The summed E-state index contributed by atoms with van der Waals surface area (Å²) in [5.74, 6) is -3.23. The fraction of sp³-hybridized carbons (Fsp3) is 0.538. The van der Waals surface area contributed by atoms with Crippen LogP contribution >= 0.6 is 0 Å². The highest BCUT2D eigenvalue weighted by Crippen LogP contribution is 2.47. The Kier molecular flexibility index (Phi) is 2.20. The Bertz CT molecular complexity index is 471. The summed E-state index contributed by atoms with van der Waals surface area (Å²) < 4.78 is 28.0. The number of benzene rings is 1. The Morgan fingerprint density at radius 3 is 2.82 bits per heavy atom. The molecule has 0 amide bonds. The number of anilines is 1. The van der Waals surface area contributed by atoms with Gasteiger partial charge in [0.1, 0.15) is 0 Å². The molecule has 1 atom stereocenters.